The Kier molecular flexibility index (Phi) is 3.38. The second kappa shape index (κ2) is 4.25. The molecule has 0 radical (unpaired) electrons. The second-order valence-electron chi connectivity index (χ2n) is 5.13. The largest absolute Gasteiger partial charge is 0.368 e. The van der Waals surface area contributed by atoms with Crippen LogP contribution in [0.15, 0.2) is 10.6 Å². The molecule has 16 heavy (non-hydrogen) atoms. The average Bonchev–Trinajstić information content (AvgIpc) is 2.50. The SMILES string of the molecule is CN(C)[C@H](C(N)=O)c1cc(C(C)(C)C)on1. The summed E-state index contributed by atoms with van der Waals surface area (Å²) in [6.07, 6.45) is 0. The number of carbonyl (C=O) groups excluding carboxylic acids is 1. The van der Waals surface area contributed by atoms with Crippen LogP contribution < -0.4 is 5.73 Å². The molecule has 0 unspecified atom stereocenters. The molecule has 0 saturated carbocycles. The van der Waals surface area contributed by atoms with E-state index in [1.54, 1.807) is 25.1 Å². The molecule has 1 atom stereocenters. The van der Waals surface area contributed by atoms with Crippen LogP contribution in [0.25, 0.3) is 0 Å². The topological polar surface area (TPSA) is 72.4 Å². The Morgan fingerprint density at radius 2 is 2.06 bits per heavy atom. The van der Waals surface area contributed by atoms with Gasteiger partial charge in [-0.25, -0.2) is 0 Å². The first-order valence-electron chi connectivity index (χ1n) is 5.16. The van der Waals surface area contributed by atoms with Crippen molar-refractivity contribution in [2.24, 2.45) is 5.73 Å². The highest BCUT2D eigenvalue weighted by Gasteiger charge is 2.27. The third-order valence-corrected chi connectivity index (χ3v) is 2.33. The zero-order valence-corrected chi connectivity index (χ0v) is 10.4. The number of hydrogen-bond donors (Lipinski definition) is 1. The lowest BCUT2D eigenvalue weighted by Crippen LogP contribution is -2.33. The molecule has 0 bridgehead atoms. The van der Waals surface area contributed by atoms with Gasteiger partial charge in [-0.3, -0.25) is 9.69 Å². The van der Waals surface area contributed by atoms with Gasteiger partial charge < -0.3 is 10.3 Å². The van der Waals surface area contributed by atoms with Crippen molar-refractivity contribution in [3.63, 3.8) is 0 Å². The summed E-state index contributed by atoms with van der Waals surface area (Å²) in [4.78, 5) is 13.0. The van der Waals surface area contributed by atoms with Gasteiger partial charge in [0.2, 0.25) is 5.91 Å². The highest BCUT2D eigenvalue weighted by molar-refractivity contribution is 5.80. The smallest absolute Gasteiger partial charge is 0.241 e. The summed E-state index contributed by atoms with van der Waals surface area (Å²) in [7, 11) is 3.56. The van der Waals surface area contributed by atoms with E-state index in [0.29, 0.717) is 5.69 Å². The van der Waals surface area contributed by atoms with E-state index in [-0.39, 0.29) is 5.41 Å². The normalized spacial score (nSPS) is 14.1. The van der Waals surface area contributed by atoms with Crippen LogP contribution in [0.2, 0.25) is 0 Å². The summed E-state index contributed by atoms with van der Waals surface area (Å²) in [5.41, 5.74) is 5.76. The molecule has 1 aromatic heterocycles. The molecule has 5 nitrogen and oxygen atoms in total. The quantitative estimate of drug-likeness (QED) is 0.834. The Hall–Kier alpha value is -1.36. The zero-order chi connectivity index (χ0) is 12.5. The van der Waals surface area contributed by atoms with Crippen molar-refractivity contribution < 1.29 is 9.32 Å². The monoisotopic (exact) mass is 225 g/mol. The number of rotatable bonds is 3. The molecule has 1 heterocycles. The van der Waals surface area contributed by atoms with E-state index in [0.717, 1.165) is 5.76 Å². The Morgan fingerprint density at radius 3 is 2.38 bits per heavy atom. The van der Waals surface area contributed by atoms with Crippen molar-refractivity contribution in [2.75, 3.05) is 14.1 Å². The summed E-state index contributed by atoms with van der Waals surface area (Å²) in [5, 5.41) is 3.91. The molecule has 1 rings (SSSR count). The van der Waals surface area contributed by atoms with Crippen LogP contribution in [0, 0.1) is 0 Å². The van der Waals surface area contributed by atoms with Crippen molar-refractivity contribution in [3.8, 4) is 0 Å². The first-order valence-corrected chi connectivity index (χ1v) is 5.16. The van der Waals surface area contributed by atoms with Crippen LogP contribution in [0.5, 0.6) is 0 Å². The van der Waals surface area contributed by atoms with Gasteiger partial charge in [-0.15, -0.1) is 0 Å². The van der Waals surface area contributed by atoms with Gasteiger partial charge in [0.1, 0.15) is 17.5 Å². The summed E-state index contributed by atoms with van der Waals surface area (Å²) in [5.74, 6) is 0.314. The fourth-order valence-corrected chi connectivity index (χ4v) is 1.44. The molecule has 90 valence electrons. The molecule has 0 fully saturated rings. The van der Waals surface area contributed by atoms with E-state index in [1.807, 2.05) is 20.8 Å². The summed E-state index contributed by atoms with van der Waals surface area (Å²) < 4.78 is 5.23. The van der Waals surface area contributed by atoms with Crippen LogP contribution >= 0.6 is 0 Å². The lowest BCUT2D eigenvalue weighted by Gasteiger charge is -2.18. The van der Waals surface area contributed by atoms with Crippen LogP contribution in [0.3, 0.4) is 0 Å². The molecule has 0 aliphatic rings. The Labute approximate surface area is 95.6 Å². The minimum Gasteiger partial charge on any atom is -0.368 e. The number of nitrogens with two attached hydrogens (primary N) is 1. The maximum absolute atomic E-state index is 11.3. The summed E-state index contributed by atoms with van der Waals surface area (Å²) in [6, 6.07) is 1.25. The number of hydrogen-bond acceptors (Lipinski definition) is 4. The average molecular weight is 225 g/mol. The zero-order valence-electron chi connectivity index (χ0n) is 10.4. The van der Waals surface area contributed by atoms with Crippen molar-refractivity contribution in [3.05, 3.63) is 17.5 Å². The number of aromatic nitrogens is 1. The predicted molar refractivity (Wildman–Crippen MR) is 60.8 cm³/mol. The van der Waals surface area contributed by atoms with E-state index in [9.17, 15) is 4.79 Å². The molecule has 0 aliphatic carbocycles. The highest BCUT2D eigenvalue weighted by Crippen LogP contribution is 2.26. The Morgan fingerprint density at radius 1 is 1.50 bits per heavy atom. The highest BCUT2D eigenvalue weighted by atomic mass is 16.5. The van der Waals surface area contributed by atoms with Crippen molar-refractivity contribution in [1.82, 2.24) is 10.1 Å². The minimum absolute atomic E-state index is 0.125. The predicted octanol–water partition coefficient (Wildman–Crippen LogP) is 1.06. The van der Waals surface area contributed by atoms with Gasteiger partial charge in [0.15, 0.2) is 0 Å². The Bertz CT molecular complexity index is 377. The second-order valence-corrected chi connectivity index (χ2v) is 5.13. The Balaban J connectivity index is 3.04. The summed E-state index contributed by atoms with van der Waals surface area (Å²) in [6.45, 7) is 6.06. The molecular weight excluding hydrogens is 206 g/mol. The molecule has 0 aliphatic heterocycles. The van der Waals surface area contributed by atoms with Gasteiger partial charge in [-0.1, -0.05) is 25.9 Å². The first kappa shape index (κ1) is 12.7. The molecule has 1 aromatic rings. The molecule has 2 N–H and O–H groups in total. The minimum atomic E-state index is -0.542. The molecule has 0 saturated heterocycles. The van der Waals surface area contributed by atoms with E-state index in [2.05, 4.69) is 5.16 Å². The van der Waals surface area contributed by atoms with E-state index < -0.39 is 11.9 Å². The fourth-order valence-electron chi connectivity index (χ4n) is 1.44. The van der Waals surface area contributed by atoms with Crippen LogP contribution in [0.4, 0.5) is 0 Å². The van der Waals surface area contributed by atoms with E-state index >= 15 is 0 Å². The van der Waals surface area contributed by atoms with Crippen molar-refractivity contribution >= 4 is 5.91 Å². The molecule has 1 amide bonds. The third-order valence-electron chi connectivity index (χ3n) is 2.33. The van der Waals surface area contributed by atoms with Crippen molar-refractivity contribution in [1.29, 1.82) is 0 Å². The van der Waals surface area contributed by atoms with Gasteiger partial charge in [0, 0.05) is 11.5 Å². The fraction of sp³-hybridized carbons (Fsp3) is 0.636. The molecule has 5 heteroatoms. The van der Waals surface area contributed by atoms with Gasteiger partial charge >= 0.3 is 0 Å². The number of carbonyl (C=O) groups is 1. The first-order chi connectivity index (χ1) is 7.23. The maximum Gasteiger partial charge on any atom is 0.241 e. The van der Waals surface area contributed by atoms with Gasteiger partial charge in [-0.05, 0) is 14.1 Å². The number of amides is 1. The van der Waals surface area contributed by atoms with Crippen LogP contribution in [-0.4, -0.2) is 30.1 Å². The third kappa shape index (κ3) is 2.61. The number of nitrogens with zero attached hydrogens (tertiary/aromatic N) is 2. The van der Waals surface area contributed by atoms with Crippen LogP contribution in [0.1, 0.15) is 38.3 Å². The molecular formula is C11H19N3O2. The number of primary amides is 1. The van der Waals surface area contributed by atoms with Gasteiger partial charge in [0.25, 0.3) is 0 Å². The maximum atomic E-state index is 11.3. The lowest BCUT2D eigenvalue weighted by atomic mass is 9.93. The van der Waals surface area contributed by atoms with Gasteiger partial charge in [0.05, 0.1) is 0 Å². The van der Waals surface area contributed by atoms with E-state index in [1.165, 1.54) is 0 Å². The standard InChI is InChI=1S/C11H19N3O2/c1-11(2,3)8-6-7(13-16-8)9(10(12)15)14(4)5/h6,9H,1-5H3,(H2,12,15)/t9-/m0/s1. The lowest BCUT2D eigenvalue weighted by molar-refractivity contribution is -0.122. The van der Waals surface area contributed by atoms with Gasteiger partial charge in [-0.2, -0.15) is 0 Å². The van der Waals surface area contributed by atoms with Crippen LogP contribution in [-0.2, 0) is 10.2 Å². The summed E-state index contributed by atoms with van der Waals surface area (Å²) >= 11 is 0. The molecule has 0 aromatic carbocycles. The van der Waals surface area contributed by atoms with Crippen molar-refractivity contribution in [2.45, 2.75) is 32.2 Å². The molecule has 0 spiro atoms. The van der Waals surface area contributed by atoms with E-state index in [4.69, 9.17) is 10.3 Å². The number of likely N-dealkylation sites (N-methyl/N-ethyl adjacent to an activating group) is 1.